The number of thiocarbonyl (C=S) groups is 2. The first-order valence-electron chi connectivity index (χ1n) is 9.84. The molecule has 2 nitrogen and oxygen atoms in total. The zero-order valence-electron chi connectivity index (χ0n) is 16.9. The summed E-state index contributed by atoms with van der Waals surface area (Å²) in [6, 6.07) is 27.4. The molecule has 1 aliphatic rings. The van der Waals surface area contributed by atoms with Crippen LogP contribution >= 0.6 is 36.2 Å². The van der Waals surface area contributed by atoms with Crippen LogP contribution in [-0.2, 0) is 0 Å². The lowest BCUT2D eigenvalue weighted by Crippen LogP contribution is -2.25. The number of anilines is 3. The number of thioether (sulfide) groups is 1. The van der Waals surface area contributed by atoms with E-state index < -0.39 is 0 Å². The van der Waals surface area contributed by atoms with Crippen molar-refractivity contribution in [3.63, 3.8) is 0 Å². The second-order valence-corrected chi connectivity index (χ2v) is 9.04. The lowest BCUT2D eigenvalue weighted by molar-refractivity contribution is 0.685. The van der Waals surface area contributed by atoms with E-state index >= 15 is 0 Å². The highest BCUT2D eigenvalue weighted by atomic mass is 32.2. The van der Waals surface area contributed by atoms with Crippen molar-refractivity contribution >= 4 is 68.6 Å². The lowest BCUT2D eigenvalue weighted by atomic mass is 10.1. The third-order valence-corrected chi connectivity index (χ3v) is 6.98. The highest BCUT2D eigenvalue weighted by Crippen LogP contribution is 2.37. The number of nitrogens with zero attached hydrogens (tertiary/aromatic N) is 2. The van der Waals surface area contributed by atoms with Gasteiger partial charge in [0.05, 0.1) is 4.91 Å². The Hall–Kier alpha value is -2.47. The predicted molar refractivity (Wildman–Crippen MR) is 139 cm³/mol. The minimum atomic E-state index is 0.809. The first kappa shape index (κ1) is 20.8. The van der Waals surface area contributed by atoms with Crippen LogP contribution < -0.4 is 4.90 Å². The Labute approximate surface area is 193 Å². The number of hydrogen-bond acceptors (Lipinski definition) is 4. The van der Waals surface area contributed by atoms with Gasteiger partial charge in [0.2, 0.25) is 0 Å². The standard InChI is InChI=1S/C25H22N2S3/c1-3-26-24(28)23(30-25(26)29)17-19-14-15-22(16-18(19)2)27(20-10-6-4-7-11-20)21-12-8-5-9-13-21/h4-17H,3H2,1-2H3/b23-17-. The molecule has 0 bridgehead atoms. The molecule has 1 saturated heterocycles. The average Bonchev–Trinajstić information content (AvgIpc) is 3.04. The van der Waals surface area contributed by atoms with Crippen LogP contribution in [-0.4, -0.2) is 20.8 Å². The SMILES string of the molecule is CCN1C(=S)S/C(=C\c2ccc(N(c3ccccc3)c3ccccc3)cc2C)C1=S. The molecule has 4 rings (SSSR count). The first-order valence-corrected chi connectivity index (χ1v) is 11.5. The molecule has 3 aromatic rings. The van der Waals surface area contributed by atoms with Gasteiger partial charge in [0, 0.05) is 23.6 Å². The second kappa shape index (κ2) is 9.13. The van der Waals surface area contributed by atoms with Crippen LogP contribution in [0.5, 0.6) is 0 Å². The Morgan fingerprint density at radius 1 is 0.867 bits per heavy atom. The molecule has 30 heavy (non-hydrogen) atoms. The van der Waals surface area contributed by atoms with Gasteiger partial charge in [0.25, 0.3) is 0 Å². The van der Waals surface area contributed by atoms with Crippen molar-refractivity contribution in [1.29, 1.82) is 0 Å². The van der Waals surface area contributed by atoms with Gasteiger partial charge < -0.3 is 9.80 Å². The number of hydrogen-bond donors (Lipinski definition) is 0. The third-order valence-electron chi connectivity index (χ3n) is 5.02. The van der Waals surface area contributed by atoms with E-state index in [1.807, 2.05) is 17.0 Å². The molecule has 0 unspecified atom stereocenters. The molecule has 1 fully saturated rings. The topological polar surface area (TPSA) is 6.48 Å². The summed E-state index contributed by atoms with van der Waals surface area (Å²) in [5, 5.41) is 0. The molecule has 0 atom stereocenters. The van der Waals surface area contributed by atoms with Gasteiger partial charge in [-0.1, -0.05) is 78.7 Å². The van der Waals surface area contributed by atoms with E-state index in [9.17, 15) is 0 Å². The van der Waals surface area contributed by atoms with Gasteiger partial charge in [0.15, 0.2) is 0 Å². The molecule has 5 heteroatoms. The van der Waals surface area contributed by atoms with Crippen molar-refractivity contribution in [2.75, 3.05) is 11.4 Å². The van der Waals surface area contributed by atoms with E-state index in [0.717, 1.165) is 43.4 Å². The maximum absolute atomic E-state index is 5.62. The first-order chi connectivity index (χ1) is 14.6. The molecule has 0 radical (unpaired) electrons. The van der Waals surface area contributed by atoms with Crippen molar-refractivity contribution in [1.82, 2.24) is 4.90 Å². The Balaban J connectivity index is 1.72. The number of benzene rings is 3. The Morgan fingerprint density at radius 3 is 1.97 bits per heavy atom. The molecule has 0 aromatic heterocycles. The van der Waals surface area contributed by atoms with Gasteiger partial charge in [-0.05, 0) is 67.4 Å². The summed E-state index contributed by atoms with van der Waals surface area (Å²) >= 11 is 12.7. The Kier molecular flexibility index (Phi) is 6.32. The number of likely N-dealkylation sites (N-methyl/N-ethyl adjacent to an activating group) is 1. The van der Waals surface area contributed by atoms with Crippen molar-refractivity contribution in [2.45, 2.75) is 13.8 Å². The van der Waals surface area contributed by atoms with E-state index in [0.29, 0.717) is 0 Å². The van der Waals surface area contributed by atoms with Gasteiger partial charge in [-0.25, -0.2) is 0 Å². The molecular formula is C25H22N2S3. The second-order valence-electron chi connectivity index (χ2n) is 6.97. The molecule has 0 amide bonds. The summed E-state index contributed by atoms with van der Waals surface area (Å²) < 4.78 is 0.836. The van der Waals surface area contributed by atoms with Crippen LogP contribution in [0.25, 0.3) is 6.08 Å². The van der Waals surface area contributed by atoms with Crippen molar-refractivity contribution in [3.05, 3.63) is 94.9 Å². The molecule has 1 aliphatic heterocycles. The zero-order chi connectivity index (χ0) is 21.1. The van der Waals surface area contributed by atoms with Gasteiger partial charge in [-0.2, -0.15) is 0 Å². The molecule has 3 aromatic carbocycles. The summed E-state index contributed by atoms with van der Waals surface area (Å²) in [7, 11) is 0. The molecule has 0 saturated carbocycles. The van der Waals surface area contributed by atoms with Crippen LogP contribution in [0.2, 0.25) is 0 Å². The minimum Gasteiger partial charge on any atom is -0.317 e. The van der Waals surface area contributed by atoms with Gasteiger partial charge >= 0.3 is 0 Å². The highest BCUT2D eigenvalue weighted by Gasteiger charge is 2.27. The Bertz CT molecular complexity index is 1070. The maximum Gasteiger partial charge on any atom is 0.146 e. The fraction of sp³-hybridized carbons (Fsp3) is 0.120. The fourth-order valence-electron chi connectivity index (χ4n) is 3.48. The van der Waals surface area contributed by atoms with Crippen LogP contribution in [0.15, 0.2) is 83.8 Å². The molecule has 0 N–H and O–H groups in total. The predicted octanol–water partition coefficient (Wildman–Crippen LogP) is 7.49. The van der Waals surface area contributed by atoms with Crippen LogP contribution in [0, 0.1) is 6.92 Å². The largest absolute Gasteiger partial charge is 0.317 e. The summed E-state index contributed by atoms with van der Waals surface area (Å²) in [6.07, 6.45) is 2.16. The van der Waals surface area contributed by atoms with Gasteiger partial charge in [-0.15, -0.1) is 0 Å². The Morgan fingerprint density at radius 2 is 1.47 bits per heavy atom. The summed E-state index contributed by atoms with van der Waals surface area (Å²) in [5.74, 6) is 0. The molecule has 0 aliphatic carbocycles. The normalized spacial score (nSPS) is 15.1. The quantitative estimate of drug-likeness (QED) is 0.295. The zero-order valence-corrected chi connectivity index (χ0v) is 19.4. The smallest absolute Gasteiger partial charge is 0.146 e. The molecular weight excluding hydrogens is 424 g/mol. The van der Waals surface area contributed by atoms with Crippen molar-refractivity contribution in [2.24, 2.45) is 0 Å². The number of rotatable bonds is 5. The molecule has 1 heterocycles. The van der Waals surface area contributed by atoms with Gasteiger partial charge in [0.1, 0.15) is 9.31 Å². The average molecular weight is 447 g/mol. The number of para-hydroxylation sites is 2. The van der Waals surface area contributed by atoms with E-state index in [4.69, 9.17) is 24.4 Å². The fourth-order valence-corrected chi connectivity index (χ4v) is 5.39. The van der Waals surface area contributed by atoms with Crippen LogP contribution in [0.3, 0.4) is 0 Å². The monoisotopic (exact) mass is 446 g/mol. The summed E-state index contributed by atoms with van der Waals surface area (Å²) in [4.78, 5) is 6.16. The highest BCUT2D eigenvalue weighted by molar-refractivity contribution is 8.27. The molecule has 150 valence electrons. The maximum atomic E-state index is 5.62. The molecule has 0 spiro atoms. The van der Waals surface area contributed by atoms with Gasteiger partial charge in [-0.3, -0.25) is 0 Å². The number of aryl methyl sites for hydroxylation is 1. The van der Waals surface area contributed by atoms with Crippen molar-refractivity contribution < 1.29 is 0 Å². The van der Waals surface area contributed by atoms with E-state index in [-0.39, 0.29) is 0 Å². The van der Waals surface area contributed by atoms with Crippen molar-refractivity contribution in [3.8, 4) is 0 Å². The lowest BCUT2D eigenvalue weighted by Gasteiger charge is -2.26. The van der Waals surface area contributed by atoms with Crippen LogP contribution in [0.1, 0.15) is 18.1 Å². The summed E-state index contributed by atoms with van der Waals surface area (Å²) in [5.41, 5.74) is 5.74. The van der Waals surface area contributed by atoms with Crippen LogP contribution in [0.4, 0.5) is 17.1 Å². The van der Waals surface area contributed by atoms with E-state index in [1.165, 1.54) is 5.56 Å². The van der Waals surface area contributed by atoms with E-state index in [1.54, 1.807) is 11.8 Å². The van der Waals surface area contributed by atoms with E-state index in [2.05, 4.69) is 91.6 Å². The minimum absolute atomic E-state index is 0.809. The third kappa shape index (κ3) is 4.19. The summed E-state index contributed by atoms with van der Waals surface area (Å²) in [6.45, 7) is 5.02.